The molecule has 3 nitrogen and oxygen atoms in total. The number of halogens is 3. The Morgan fingerprint density at radius 2 is 2.33 bits per heavy atom. The minimum atomic E-state index is -2.82. The summed E-state index contributed by atoms with van der Waals surface area (Å²) in [5, 5.41) is 8.87. The van der Waals surface area contributed by atoms with Crippen molar-refractivity contribution >= 4 is 22.2 Å². The molecule has 15 heavy (non-hydrogen) atoms. The molecule has 0 aliphatic carbocycles. The molecule has 6 heteroatoms. The van der Waals surface area contributed by atoms with Crippen LogP contribution in [0.5, 0.6) is 0 Å². The van der Waals surface area contributed by atoms with Gasteiger partial charge >= 0.3 is 0 Å². The first-order chi connectivity index (χ1) is 7.13. The van der Waals surface area contributed by atoms with Crippen LogP contribution in [0.2, 0.25) is 0 Å². The second-order valence-electron chi connectivity index (χ2n) is 2.62. The van der Waals surface area contributed by atoms with Crippen molar-refractivity contribution in [3.05, 3.63) is 28.6 Å². The summed E-state index contributed by atoms with van der Waals surface area (Å²) in [5.41, 5.74) is -0.499. The van der Waals surface area contributed by atoms with Gasteiger partial charge in [-0.3, -0.25) is 4.79 Å². The van der Waals surface area contributed by atoms with E-state index in [-0.39, 0.29) is 28.4 Å². The molecule has 0 atom stereocenters. The summed E-state index contributed by atoms with van der Waals surface area (Å²) in [6.07, 6.45) is -2.55. The van der Waals surface area contributed by atoms with Crippen molar-refractivity contribution in [1.29, 1.82) is 5.26 Å². The Morgan fingerprint density at radius 1 is 1.67 bits per heavy atom. The Kier molecular flexibility index (Phi) is 3.86. The number of aromatic nitrogens is 1. The minimum absolute atomic E-state index is 0.123. The lowest BCUT2D eigenvalue weighted by atomic mass is 10.1. The maximum atomic E-state index is 12.4. The fourth-order valence-corrected chi connectivity index (χ4v) is 1.48. The summed E-state index contributed by atoms with van der Waals surface area (Å²) in [4.78, 5) is 14.1. The summed E-state index contributed by atoms with van der Waals surface area (Å²) < 4.78 is 24.9. The zero-order valence-corrected chi connectivity index (χ0v) is 8.96. The molecule has 0 bridgehead atoms. The summed E-state index contributed by atoms with van der Waals surface area (Å²) >= 11 is 3.03. The molecule has 0 unspecified atom stereocenters. The number of pyridine rings is 1. The number of carbonyl (C=O) groups is 1. The number of aldehydes is 1. The number of carbonyl (C=O) groups excluding carboxylic acids is 1. The van der Waals surface area contributed by atoms with Gasteiger partial charge in [-0.15, -0.1) is 0 Å². The molecule has 78 valence electrons. The predicted molar refractivity (Wildman–Crippen MR) is 51.9 cm³/mol. The maximum absolute atomic E-state index is 12.4. The monoisotopic (exact) mass is 274 g/mol. The van der Waals surface area contributed by atoms with Crippen molar-refractivity contribution in [1.82, 2.24) is 4.98 Å². The lowest BCUT2D eigenvalue weighted by Crippen LogP contribution is -2.03. The Morgan fingerprint density at radius 3 is 2.73 bits per heavy atom. The molecule has 0 aliphatic rings. The molecular weight excluding hydrogens is 270 g/mol. The third kappa shape index (κ3) is 2.36. The van der Waals surface area contributed by atoms with Gasteiger partial charge in [0.1, 0.15) is 11.8 Å². The van der Waals surface area contributed by atoms with Crippen LogP contribution < -0.4 is 0 Å². The minimum Gasteiger partial charge on any atom is -0.298 e. The standard InChI is InChI=1S/C9H5BrF2N2O/c10-2-7-5(3-13)1-6(4-15)8(14-7)9(11)12/h1,4,9H,2H2. The smallest absolute Gasteiger partial charge is 0.281 e. The second-order valence-corrected chi connectivity index (χ2v) is 3.18. The molecule has 0 amide bonds. The van der Waals surface area contributed by atoms with Gasteiger partial charge in [0.05, 0.1) is 11.3 Å². The average Bonchev–Trinajstić information content (AvgIpc) is 2.26. The molecule has 1 aromatic rings. The Balaban J connectivity index is 3.42. The molecule has 1 aromatic heterocycles. The molecule has 0 N–H and O–H groups in total. The third-order valence-electron chi connectivity index (χ3n) is 1.74. The van der Waals surface area contributed by atoms with Gasteiger partial charge in [-0.2, -0.15) is 5.26 Å². The van der Waals surface area contributed by atoms with Crippen LogP contribution in [0.3, 0.4) is 0 Å². The molecule has 0 saturated heterocycles. The van der Waals surface area contributed by atoms with Crippen LogP contribution in [0, 0.1) is 11.3 Å². The first kappa shape index (κ1) is 11.7. The number of nitrogens with zero attached hydrogens (tertiary/aromatic N) is 2. The molecule has 0 aromatic carbocycles. The van der Waals surface area contributed by atoms with E-state index in [4.69, 9.17) is 5.26 Å². The van der Waals surface area contributed by atoms with Crippen molar-refractivity contribution in [2.24, 2.45) is 0 Å². The predicted octanol–water partition coefficient (Wildman–Crippen LogP) is 2.60. The van der Waals surface area contributed by atoms with E-state index in [2.05, 4.69) is 20.9 Å². The van der Waals surface area contributed by atoms with Gasteiger partial charge in [-0.1, -0.05) is 15.9 Å². The average molecular weight is 275 g/mol. The molecule has 0 radical (unpaired) electrons. The largest absolute Gasteiger partial charge is 0.298 e. The van der Waals surface area contributed by atoms with Crippen LogP contribution in [0.25, 0.3) is 0 Å². The zero-order chi connectivity index (χ0) is 11.4. The topological polar surface area (TPSA) is 53.8 Å². The zero-order valence-electron chi connectivity index (χ0n) is 7.38. The molecular formula is C9H5BrF2N2O. The first-order valence-corrected chi connectivity index (χ1v) is 4.99. The highest BCUT2D eigenvalue weighted by atomic mass is 79.9. The summed E-state index contributed by atoms with van der Waals surface area (Å²) in [7, 11) is 0. The van der Waals surface area contributed by atoms with Crippen molar-refractivity contribution in [2.45, 2.75) is 11.8 Å². The van der Waals surface area contributed by atoms with Gasteiger partial charge in [-0.05, 0) is 6.07 Å². The van der Waals surface area contributed by atoms with Gasteiger partial charge < -0.3 is 0 Å². The number of nitriles is 1. The Hall–Kier alpha value is -1.35. The van der Waals surface area contributed by atoms with Crippen LogP contribution in [0.4, 0.5) is 8.78 Å². The van der Waals surface area contributed by atoms with Crippen LogP contribution >= 0.6 is 15.9 Å². The fourth-order valence-electron chi connectivity index (χ4n) is 1.05. The third-order valence-corrected chi connectivity index (χ3v) is 2.27. The van der Waals surface area contributed by atoms with E-state index in [9.17, 15) is 13.6 Å². The van der Waals surface area contributed by atoms with Crippen LogP contribution in [-0.2, 0) is 5.33 Å². The number of rotatable bonds is 3. The highest BCUT2D eigenvalue weighted by Crippen LogP contribution is 2.23. The number of hydrogen-bond donors (Lipinski definition) is 0. The molecule has 0 spiro atoms. The van der Waals surface area contributed by atoms with E-state index in [0.717, 1.165) is 6.07 Å². The number of alkyl halides is 3. The summed E-state index contributed by atoms with van der Waals surface area (Å²) in [5.74, 6) is 0. The van der Waals surface area contributed by atoms with Crippen molar-refractivity contribution in [3.8, 4) is 6.07 Å². The Bertz CT molecular complexity index is 429. The highest BCUT2D eigenvalue weighted by molar-refractivity contribution is 9.08. The second kappa shape index (κ2) is 4.94. The summed E-state index contributed by atoms with van der Waals surface area (Å²) in [6.45, 7) is 0. The maximum Gasteiger partial charge on any atom is 0.281 e. The lowest BCUT2D eigenvalue weighted by molar-refractivity contribution is 0.110. The molecule has 0 saturated carbocycles. The van der Waals surface area contributed by atoms with E-state index in [1.54, 1.807) is 6.07 Å². The van der Waals surface area contributed by atoms with Crippen molar-refractivity contribution < 1.29 is 13.6 Å². The highest BCUT2D eigenvalue weighted by Gasteiger charge is 2.17. The van der Waals surface area contributed by atoms with E-state index >= 15 is 0 Å². The number of hydrogen-bond acceptors (Lipinski definition) is 3. The van der Waals surface area contributed by atoms with Crippen molar-refractivity contribution in [2.75, 3.05) is 0 Å². The van der Waals surface area contributed by atoms with Gasteiger partial charge in [-0.25, -0.2) is 13.8 Å². The molecule has 0 fully saturated rings. The van der Waals surface area contributed by atoms with E-state index in [1.165, 1.54) is 0 Å². The van der Waals surface area contributed by atoms with Gasteiger partial charge in [0.25, 0.3) is 6.43 Å². The normalized spacial score (nSPS) is 10.1. The van der Waals surface area contributed by atoms with Crippen molar-refractivity contribution in [3.63, 3.8) is 0 Å². The first-order valence-electron chi connectivity index (χ1n) is 3.87. The van der Waals surface area contributed by atoms with E-state index < -0.39 is 12.1 Å². The SMILES string of the molecule is N#Cc1cc(C=O)c(C(F)F)nc1CBr. The molecule has 1 heterocycles. The fraction of sp³-hybridized carbons (Fsp3) is 0.222. The van der Waals surface area contributed by atoms with E-state index in [1.807, 2.05) is 0 Å². The van der Waals surface area contributed by atoms with E-state index in [0.29, 0.717) is 0 Å². The van der Waals surface area contributed by atoms with Crippen LogP contribution in [-0.4, -0.2) is 11.3 Å². The molecule has 0 aliphatic heterocycles. The van der Waals surface area contributed by atoms with Gasteiger partial charge in [0.2, 0.25) is 0 Å². The summed E-state index contributed by atoms with van der Waals surface area (Å²) in [6, 6.07) is 2.91. The quantitative estimate of drug-likeness (QED) is 0.629. The Labute approximate surface area is 92.9 Å². The lowest BCUT2D eigenvalue weighted by Gasteiger charge is -2.06. The van der Waals surface area contributed by atoms with Crippen LogP contribution in [0.15, 0.2) is 6.07 Å². The molecule has 1 rings (SSSR count). The van der Waals surface area contributed by atoms with Crippen LogP contribution in [0.1, 0.15) is 33.7 Å². The van der Waals surface area contributed by atoms with Gasteiger partial charge in [0, 0.05) is 10.9 Å². The van der Waals surface area contributed by atoms with Gasteiger partial charge in [0.15, 0.2) is 6.29 Å².